The number of ketones is 1. The molecule has 0 saturated carbocycles. The average Bonchev–Trinajstić information content (AvgIpc) is 2.35. The highest BCUT2D eigenvalue weighted by molar-refractivity contribution is 5.99. The number of nitrogens with two attached hydrogens (primary N) is 1. The van der Waals surface area contributed by atoms with E-state index >= 15 is 0 Å². The summed E-state index contributed by atoms with van der Waals surface area (Å²) in [6, 6.07) is 5.53. The van der Waals surface area contributed by atoms with Gasteiger partial charge in [-0.25, -0.2) is 0 Å². The number of rotatable bonds is 0. The smallest absolute Gasteiger partial charge is 0.176 e. The largest absolute Gasteiger partial charge is 0.397 e. The van der Waals surface area contributed by atoms with Crippen molar-refractivity contribution in [1.82, 2.24) is 4.90 Å². The number of nitrogens with zero attached hydrogens (tertiary/aromatic N) is 1. The molecule has 0 spiro atoms. The molecule has 1 aromatic rings. The van der Waals surface area contributed by atoms with Crippen LogP contribution in [0.15, 0.2) is 18.2 Å². The van der Waals surface area contributed by atoms with Crippen molar-refractivity contribution in [1.29, 1.82) is 0 Å². The Balaban J connectivity index is 2.21. The number of anilines is 2. The molecule has 4 nitrogen and oxygen atoms in total. The fraction of sp³-hybridized carbons (Fsp3) is 0.500. The van der Waals surface area contributed by atoms with Crippen LogP contribution in [-0.4, -0.2) is 37.4 Å². The number of hydrogen-bond acceptors (Lipinski definition) is 4. The first-order chi connectivity index (χ1) is 8.66. The third-order valence-corrected chi connectivity index (χ3v) is 3.32. The summed E-state index contributed by atoms with van der Waals surface area (Å²) in [7, 11) is 1.99. The van der Waals surface area contributed by atoms with E-state index in [0.29, 0.717) is 17.8 Å². The molecule has 0 aromatic heterocycles. The van der Waals surface area contributed by atoms with Gasteiger partial charge in [0.1, 0.15) is 0 Å². The summed E-state index contributed by atoms with van der Waals surface area (Å²) in [5.41, 5.74) is 8.24. The Morgan fingerprint density at radius 3 is 2.89 bits per heavy atom. The molecule has 2 heterocycles. The summed E-state index contributed by atoms with van der Waals surface area (Å²) in [4.78, 5) is 14.1. The Labute approximate surface area is 108 Å². The number of fused-ring (bicyclic) bond motifs is 10. The van der Waals surface area contributed by atoms with E-state index in [9.17, 15) is 4.79 Å². The number of hydrogen-bond donors (Lipinski definition) is 2. The van der Waals surface area contributed by atoms with Crippen molar-refractivity contribution in [3.8, 4) is 0 Å². The van der Waals surface area contributed by atoms with Crippen LogP contribution < -0.4 is 11.1 Å². The summed E-state index contributed by atoms with van der Waals surface area (Å²) < 4.78 is 0. The third-order valence-electron chi connectivity index (χ3n) is 3.32. The molecule has 0 saturated heterocycles. The van der Waals surface area contributed by atoms with E-state index in [1.165, 1.54) is 6.42 Å². The summed E-state index contributed by atoms with van der Waals surface area (Å²) in [6.07, 6.45) is 3.43. The highest BCUT2D eigenvalue weighted by atomic mass is 16.1. The van der Waals surface area contributed by atoms with Crippen LogP contribution in [0.3, 0.4) is 0 Å². The highest BCUT2D eigenvalue weighted by Gasteiger charge is 2.11. The Morgan fingerprint density at radius 1 is 1.28 bits per heavy atom. The molecule has 0 atom stereocenters. The van der Waals surface area contributed by atoms with Crippen molar-refractivity contribution in [2.45, 2.75) is 19.3 Å². The molecule has 3 N–H and O–H groups in total. The zero-order chi connectivity index (χ0) is 13.0. The van der Waals surface area contributed by atoms with Crippen LogP contribution in [0.25, 0.3) is 0 Å². The molecule has 2 aliphatic rings. The second kappa shape index (κ2) is 5.87. The van der Waals surface area contributed by atoms with E-state index in [-0.39, 0.29) is 5.78 Å². The maximum Gasteiger partial charge on any atom is 0.176 e. The maximum absolute atomic E-state index is 12.1. The lowest BCUT2D eigenvalue weighted by atomic mass is 10.1. The van der Waals surface area contributed by atoms with Gasteiger partial charge < -0.3 is 11.1 Å². The van der Waals surface area contributed by atoms with Gasteiger partial charge in [0.05, 0.1) is 17.9 Å². The Bertz CT molecular complexity index is 431. The molecule has 98 valence electrons. The molecule has 0 unspecified atom stereocenters. The quantitative estimate of drug-likeness (QED) is 0.688. The minimum absolute atomic E-state index is 0.134. The normalized spacial score (nSPS) is 18.6. The lowest BCUT2D eigenvalue weighted by Crippen LogP contribution is -2.27. The van der Waals surface area contributed by atoms with Crippen LogP contribution in [0.2, 0.25) is 0 Å². The molecule has 3 rings (SSSR count). The summed E-state index contributed by atoms with van der Waals surface area (Å²) in [5, 5.41) is 3.32. The molecule has 1 aromatic carbocycles. The molecule has 4 heteroatoms. The van der Waals surface area contributed by atoms with Gasteiger partial charge in [-0.3, -0.25) is 9.69 Å². The van der Waals surface area contributed by atoms with Gasteiger partial charge in [0.25, 0.3) is 0 Å². The first-order valence-electron chi connectivity index (χ1n) is 6.52. The van der Waals surface area contributed by atoms with Gasteiger partial charge in [0, 0.05) is 12.1 Å². The predicted octanol–water partition coefficient (Wildman–Crippen LogP) is 1.98. The van der Waals surface area contributed by atoms with Crippen molar-refractivity contribution in [3.63, 3.8) is 0 Å². The van der Waals surface area contributed by atoms with E-state index < -0.39 is 0 Å². The van der Waals surface area contributed by atoms with Gasteiger partial charge in [-0.1, -0.05) is 6.42 Å². The zero-order valence-corrected chi connectivity index (χ0v) is 10.9. The summed E-state index contributed by atoms with van der Waals surface area (Å²) >= 11 is 0. The van der Waals surface area contributed by atoms with E-state index in [1.54, 1.807) is 6.07 Å². The Morgan fingerprint density at radius 2 is 2.11 bits per heavy atom. The van der Waals surface area contributed by atoms with Crippen LogP contribution in [0, 0.1) is 0 Å². The van der Waals surface area contributed by atoms with Gasteiger partial charge >= 0.3 is 0 Å². The number of nitrogens with one attached hydrogen (secondary N) is 1. The van der Waals surface area contributed by atoms with Gasteiger partial charge in [-0.05, 0) is 44.6 Å². The Kier molecular flexibility index (Phi) is 4.20. The first kappa shape index (κ1) is 12.9. The number of nitrogen functional groups attached to an aromatic ring is 1. The van der Waals surface area contributed by atoms with E-state index in [4.69, 9.17) is 5.73 Å². The van der Waals surface area contributed by atoms with Gasteiger partial charge in [0.15, 0.2) is 5.78 Å². The van der Waals surface area contributed by atoms with Crippen LogP contribution >= 0.6 is 0 Å². The predicted molar refractivity (Wildman–Crippen MR) is 75.0 cm³/mol. The third kappa shape index (κ3) is 3.23. The average molecular weight is 247 g/mol. The lowest BCUT2D eigenvalue weighted by molar-refractivity contribution is 0.0945. The monoisotopic (exact) mass is 247 g/mol. The number of Topliss-reactive ketones (excluding diaryl/α,β-unsaturated/α-hetero) is 1. The minimum atomic E-state index is 0.134. The summed E-state index contributed by atoms with van der Waals surface area (Å²) in [6.45, 7) is 2.37. The van der Waals surface area contributed by atoms with Crippen molar-refractivity contribution in [3.05, 3.63) is 23.8 Å². The standard InChI is InChI=1S/C14H21N3O/c1-17-8-4-2-3-7-16-13-6-5-11(9-12(13)15)14(18)10-17/h5-6,9,16H,2-4,7-8,10,15H2,1H3. The molecule has 0 aliphatic carbocycles. The first-order valence-corrected chi connectivity index (χ1v) is 6.52. The van der Waals surface area contributed by atoms with Gasteiger partial charge in [-0.15, -0.1) is 0 Å². The molecule has 2 bridgehead atoms. The van der Waals surface area contributed by atoms with Gasteiger partial charge in [0.2, 0.25) is 0 Å². The highest BCUT2D eigenvalue weighted by Crippen LogP contribution is 2.20. The molecule has 0 fully saturated rings. The SMILES string of the molecule is CN1CCCCCNc2ccc(cc2N)C(=O)C1. The van der Waals surface area contributed by atoms with Crippen molar-refractivity contribution in [2.24, 2.45) is 0 Å². The Hall–Kier alpha value is -1.55. The number of likely N-dealkylation sites (N-methyl/N-ethyl adjacent to an activating group) is 1. The molecule has 0 amide bonds. The maximum atomic E-state index is 12.1. The van der Waals surface area contributed by atoms with Crippen LogP contribution in [-0.2, 0) is 0 Å². The number of carbonyl (C=O) groups is 1. The minimum Gasteiger partial charge on any atom is -0.397 e. The van der Waals surface area contributed by atoms with E-state index in [1.807, 2.05) is 19.2 Å². The molecular formula is C14H21N3O. The number of benzene rings is 1. The van der Waals surface area contributed by atoms with Gasteiger partial charge in [-0.2, -0.15) is 0 Å². The zero-order valence-electron chi connectivity index (χ0n) is 10.9. The fourth-order valence-electron chi connectivity index (χ4n) is 2.22. The molecule has 2 aliphatic heterocycles. The van der Waals surface area contributed by atoms with E-state index in [2.05, 4.69) is 10.2 Å². The topological polar surface area (TPSA) is 58.4 Å². The molecule has 18 heavy (non-hydrogen) atoms. The van der Waals surface area contributed by atoms with Crippen molar-refractivity contribution >= 4 is 17.2 Å². The van der Waals surface area contributed by atoms with Crippen molar-refractivity contribution < 1.29 is 4.79 Å². The second-order valence-corrected chi connectivity index (χ2v) is 4.95. The fourth-order valence-corrected chi connectivity index (χ4v) is 2.22. The summed E-state index contributed by atoms with van der Waals surface area (Å²) in [5.74, 6) is 0.134. The van der Waals surface area contributed by atoms with Crippen LogP contribution in [0.4, 0.5) is 11.4 Å². The second-order valence-electron chi connectivity index (χ2n) is 4.95. The van der Waals surface area contributed by atoms with Crippen LogP contribution in [0.5, 0.6) is 0 Å². The van der Waals surface area contributed by atoms with Crippen molar-refractivity contribution in [2.75, 3.05) is 37.7 Å². The van der Waals surface area contributed by atoms with E-state index in [0.717, 1.165) is 31.6 Å². The van der Waals surface area contributed by atoms with Crippen LogP contribution in [0.1, 0.15) is 29.6 Å². The molecule has 0 radical (unpaired) electrons. The number of carbonyl (C=O) groups excluding carboxylic acids is 1. The lowest BCUT2D eigenvalue weighted by Gasteiger charge is -2.15. The molecular weight excluding hydrogens is 226 g/mol.